The van der Waals surface area contributed by atoms with E-state index < -0.39 is 5.97 Å². The molecule has 0 unspecified atom stereocenters. The van der Waals surface area contributed by atoms with Crippen molar-refractivity contribution in [1.82, 2.24) is 0 Å². The molecule has 0 heterocycles. The summed E-state index contributed by atoms with van der Waals surface area (Å²) in [7, 11) is 0. The summed E-state index contributed by atoms with van der Waals surface area (Å²) < 4.78 is 5.74. The number of benzene rings is 2. The Labute approximate surface area is 121 Å². The lowest BCUT2D eigenvalue weighted by molar-refractivity contribution is 0.0697. The molecule has 4 heteroatoms. The van der Waals surface area contributed by atoms with E-state index in [9.17, 15) is 4.79 Å². The first kappa shape index (κ1) is 13.0. The van der Waals surface area contributed by atoms with Gasteiger partial charge in [0.25, 0.3) is 0 Å². The summed E-state index contributed by atoms with van der Waals surface area (Å²) >= 11 is 5.92. The molecular formula is C16H13ClO3. The zero-order valence-electron chi connectivity index (χ0n) is 10.7. The monoisotopic (exact) mass is 288 g/mol. The molecule has 1 N–H and O–H groups in total. The second-order valence-corrected chi connectivity index (χ2v) is 5.24. The van der Waals surface area contributed by atoms with Crippen molar-refractivity contribution in [3.8, 4) is 11.5 Å². The fourth-order valence-electron chi connectivity index (χ4n) is 2.48. The number of halogens is 1. The first-order valence-electron chi connectivity index (χ1n) is 6.46. The Morgan fingerprint density at radius 2 is 1.75 bits per heavy atom. The van der Waals surface area contributed by atoms with Crippen molar-refractivity contribution in [2.45, 2.75) is 19.3 Å². The van der Waals surface area contributed by atoms with Crippen LogP contribution in [0.1, 0.15) is 27.9 Å². The quantitative estimate of drug-likeness (QED) is 0.915. The number of carboxylic acids is 1. The van der Waals surface area contributed by atoms with E-state index in [1.807, 2.05) is 12.1 Å². The van der Waals surface area contributed by atoms with E-state index in [-0.39, 0.29) is 10.6 Å². The van der Waals surface area contributed by atoms with Gasteiger partial charge < -0.3 is 9.84 Å². The smallest absolute Gasteiger partial charge is 0.337 e. The van der Waals surface area contributed by atoms with E-state index in [4.69, 9.17) is 21.4 Å². The Morgan fingerprint density at radius 3 is 2.50 bits per heavy atom. The summed E-state index contributed by atoms with van der Waals surface area (Å²) in [5.41, 5.74) is 2.79. The molecule has 0 fully saturated rings. The van der Waals surface area contributed by atoms with Gasteiger partial charge in [-0.1, -0.05) is 17.7 Å². The van der Waals surface area contributed by atoms with Gasteiger partial charge in [0.2, 0.25) is 0 Å². The van der Waals surface area contributed by atoms with E-state index in [1.165, 1.54) is 29.7 Å². The van der Waals surface area contributed by atoms with Crippen LogP contribution in [0.15, 0.2) is 36.4 Å². The van der Waals surface area contributed by atoms with E-state index >= 15 is 0 Å². The fourth-order valence-corrected chi connectivity index (χ4v) is 2.73. The molecule has 102 valence electrons. The normalized spacial score (nSPS) is 13.1. The molecule has 0 aliphatic heterocycles. The largest absolute Gasteiger partial charge is 0.478 e. The minimum Gasteiger partial charge on any atom is -0.478 e. The molecule has 1 aliphatic carbocycles. The number of rotatable bonds is 3. The van der Waals surface area contributed by atoms with Gasteiger partial charge in [0.05, 0.1) is 10.6 Å². The highest BCUT2D eigenvalue weighted by Gasteiger charge is 2.13. The van der Waals surface area contributed by atoms with Gasteiger partial charge in [0.15, 0.2) is 0 Å². The van der Waals surface area contributed by atoms with Gasteiger partial charge in [-0.15, -0.1) is 0 Å². The minimum absolute atomic E-state index is 0.0768. The highest BCUT2D eigenvalue weighted by Crippen LogP contribution is 2.30. The third-order valence-electron chi connectivity index (χ3n) is 3.48. The van der Waals surface area contributed by atoms with Crippen LogP contribution >= 0.6 is 11.6 Å². The summed E-state index contributed by atoms with van der Waals surface area (Å²) in [6, 6.07) is 10.7. The summed E-state index contributed by atoms with van der Waals surface area (Å²) in [4.78, 5) is 10.9. The van der Waals surface area contributed by atoms with Crippen LogP contribution in [0.5, 0.6) is 11.5 Å². The zero-order chi connectivity index (χ0) is 14.1. The number of carboxylic acid groups (broad SMARTS) is 1. The van der Waals surface area contributed by atoms with E-state index in [1.54, 1.807) is 6.07 Å². The van der Waals surface area contributed by atoms with Gasteiger partial charge in [-0.2, -0.15) is 0 Å². The molecule has 0 radical (unpaired) electrons. The number of hydrogen-bond donors (Lipinski definition) is 1. The Kier molecular flexibility index (Phi) is 3.36. The average molecular weight is 289 g/mol. The van der Waals surface area contributed by atoms with Crippen LogP contribution < -0.4 is 4.74 Å². The molecule has 0 saturated carbocycles. The Morgan fingerprint density at radius 1 is 1.05 bits per heavy atom. The van der Waals surface area contributed by atoms with Crippen LogP contribution in [-0.2, 0) is 12.8 Å². The van der Waals surface area contributed by atoms with Crippen LogP contribution in [0.25, 0.3) is 0 Å². The molecule has 0 aromatic heterocycles. The number of aryl methyl sites for hydroxylation is 2. The van der Waals surface area contributed by atoms with Gasteiger partial charge in [-0.25, -0.2) is 4.79 Å². The lowest BCUT2D eigenvalue weighted by Crippen LogP contribution is -1.97. The standard InChI is InChI=1S/C16H13ClO3/c17-15-9-13(6-7-14(15)16(18)19)20-12-5-4-10-2-1-3-11(10)8-12/h4-9H,1-3H2,(H,18,19). The Balaban J connectivity index is 1.84. The molecule has 2 aromatic carbocycles. The van der Waals surface area contributed by atoms with Crippen LogP contribution in [0.4, 0.5) is 0 Å². The van der Waals surface area contributed by atoms with Gasteiger partial charge in [-0.3, -0.25) is 0 Å². The van der Waals surface area contributed by atoms with Crippen molar-refractivity contribution in [2.24, 2.45) is 0 Å². The molecule has 0 bridgehead atoms. The predicted molar refractivity (Wildman–Crippen MR) is 77.0 cm³/mol. The summed E-state index contributed by atoms with van der Waals surface area (Å²) in [5.74, 6) is 0.252. The molecule has 20 heavy (non-hydrogen) atoms. The summed E-state index contributed by atoms with van der Waals surface area (Å²) in [6.45, 7) is 0. The Bertz CT molecular complexity index is 679. The highest BCUT2D eigenvalue weighted by atomic mass is 35.5. The number of ether oxygens (including phenoxy) is 1. The van der Waals surface area contributed by atoms with Crippen LogP contribution in [0.3, 0.4) is 0 Å². The number of fused-ring (bicyclic) bond motifs is 1. The van der Waals surface area contributed by atoms with Gasteiger partial charge >= 0.3 is 5.97 Å². The molecule has 3 rings (SSSR count). The number of carbonyl (C=O) groups is 1. The van der Waals surface area contributed by atoms with Crippen molar-refractivity contribution in [2.75, 3.05) is 0 Å². The van der Waals surface area contributed by atoms with Gasteiger partial charge in [0, 0.05) is 6.07 Å². The molecule has 0 saturated heterocycles. The molecule has 3 nitrogen and oxygen atoms in total. The average Bonchev–Trinajstić information content (AvgIpc) is 2.85. The first-order valence-corrected chi connectivity index (χ1v) is 6.84. The second kappa shape index (κ2) is 5.17. The van der Waals surface area contributed by atoms with Crippen molar-refractivity contribution in [3.05, 3.63) is 58.1 Å². The SMILES string of the molecule is O=C(O)c1ccc(Oc2ccc3c(c2)CCC3)cc1Cl. The van der Waals surface area contributed by atoms with Crippen molar-refractivity contribution < 1.29 is 14.6 Å². The van der Waals surface area contributed by atoms with E-state index in [0.717, 1.165) is 18.6 Å². The maximum atomic E-state index is 10.9. The Hall–Kier alpha value is -2.00. The molecule has 1 aliphatic rings. The van der Waals surface area contributed by atoms with Crippen LogP contribution in [0.2, 0.25) is 5.02 Å². The predicted octanol–water partition coefficient (Wildman–Crippen LogP) is 4.32. The van der Waals surface area contributed by atoms with Crippen LogP contribution in [-0.4, -0.2) is 11.1 Å². The van der Waals surface area contributed by atoms with Crippen molar-refractivity contribution in [3.63, 3.8) is 0 Å². The van der Waals surface area contributed by atoms with Crippen molar-refractivity contribution in [1.29, 1.82) is 0 Å². The first-order chi connectivity index (χ1) is 9.63. The maximum Gasteiger partial charge on any atom is 0.337 e. The second-order valence-electron chi connectivity index (χ2n) is 4.83. The van der Waals surface area contributed by atoms with Crippen LogP contribution in [0, 0.1) is 0 Å². The third kappa shape index (κ3) is 2.49. The molecule has 0 atom stereocenters. The molecular weight excluding hydrogens is 276 g/mol. The third-order valence-corrected chi connectivity index (χ3v) is 3.79. The van der Waals surface area contributed by atoms with E-state index in [0.29, 0.717) is 5.75 Å². The fraction of sp³-hybridized carbons (Fsp3) is 0.188. The molecule has 0 amide bonds. The van der Waals surface area contributed by atoms with Gasteiger partial charge in [-0.05, 0) is 54.7 Å². The zero-order valence-corrected chi connectivity index (χ0v) is 11.5. The number of hydrogen-bond acceptors (Lipinski definition) is 2. The lowest BCUT2D eigenvalue weighted by Gasteiger charge is -2.09. The summed E-state index contributed by atoms with van der Waals surface area (Å²) in [6.07, 6.45) is 3.41. The number of aromatic carboxylic acids is 1. The minimum atomic E-state index is -1.04. The van der Waals surface area contributed by atoms with E-state index in [2.05, 4.69) is 6.07 Å². The highest BCUT2D eigenvalue weighted by molar-refractivity contribution is 6.33. The lowest BCUT2D eigenvalue weighted by atomic mass is 10.1. The maximum absolute atomic E-state index is 10.9. The van der Waals surface area contributed by atoms with Crippen molar-refractivity contribution >= 4 is 17.6 Å². The molecule has 2 aromatic rings. The summed E-state index contributed by atoms with van der Waals surface area (Å²) in [5, 5.41) is 9.10. The topological polar surface area (TPSA) is 46.5 Å². The van der Waals surface area contributed by atoms with Gasteiger partial charge in [0.1, 0.15) is 11.5 Å². The molecule has 0 spiro atoms.